The molecule has 3 atom stereocenters. The van der Waals surface area contributed by atoms with Gasteiger partial charge in [-0.25, -0.2) is 0 Å². The van der Waals surface area contributed by atoms with Crippen LogP contribution in [0, 0.1) is 0 Å². The SMILES string of the molecule is CC/C=C\C/C=C\C/C=C\C/C=C\C/C=C\C/C=C\C/C=C\CCCCCCCCCCCCCCCCCC(=O)NC(COP(=O)([O-])OCC[N+](C)(C)C)C(O)/C=C/CC/C=C/CC/C=C/CCCCCCCCCCCCCCCCCCCC. The Morgan fingerprint density at radius 3 is 1.07 bits per heavy atom. The van der Waals surface area contributed by atoms with Gasteiger partial charge in [0.1, 0.15) is 13.2 Å². The van der Waals surface area contributed by atoms with Gasteiger partial charge >= 0.3 is 0 Å². The molecule has 0 heterocycles. The normalized spacial score (nSPS) is 14.3. The molecule has 0 aliphatic heterocycles. The highest BCUT2D eigenvalue weighted by atomic mass is 31.2. The zero-order valence-electron chi connectivity index (χ0n) is 57.4. The van der Waals surface area contributed by atoms with Gasteiger partial charge in [-0.2, -0.15) is 0 Å². The summed E-state index contributed by atoms with van der Waals surface area (Å²) < 4.78 is 23.4. The van der Waals surface area contributed by atoms with Crippen molar-refractivity contribution in [2.75, 3.05) is 40.9 Å². The van der Waals surface area contributed by atoms with Gasteiger partial charge in [0.25, 0.3) is 7.82 Å². The molecule has 0 aromatic carbocycles. The van der Waals surface area contributed by atoms with Gasteiger partial charge in [-0.1, -0.05) is 328 Å². The molecular weight excluding hydrogens is 1090 g/mol. The van der Waals surface area contributed by atoms with Crippen LogP contribution in [-0.4, -0.2) is 68.5 Å². The number of nitrogens with one attached hydrogen (secondary N) is 1. The first-order valence-corrected chi connectivity index (χ1v) is 37.9. The number of phosphoric acid groups is 1. The van der Waals surface area contributed by atoms with Crippen LogP contribution in [-0.2, 0) is 18.4 Å². The molecule has 0 spiro atoms. The molecule has 0 bridgehead atoms. The van der Waals surface area contributed by atoms with Crippen LogP contribution in [0.4, 0.5) is 0 Å². The second-order valence-corrected chi connectivity index (χ2v) is 27.0. The van der Waals surface area contributed by atoms with E-state index in [9.17, 15) is 19.4 Å². The summed E-state index contributed by atoms with van der Waals surface area (Å²) in [6.07, 6.45) is 100. The van der Waals surface area contributed by atoms with Gasteiger partial charge in [0.2, 0.25) is 5.91 Å². The van der Waals surface area contributed by atoms with Crippen LogP contribution >= 0.6 is 7.82 Å². The van der Waals surface area contributed by atoms with Gasteiger partial charge < -0.3 is 28.8 Å². The second-order valence-electron chi connectivity index (χ2n) is 25.5. The Kier molecular flexibility index (Phi) is 64.9. The molecule has 0 saturated heterocycles. The number of aliphatic hydroxyl groups is 1. The van der Waals surface area contributed by atoms with E-state index in [1.165, 1.54) is 205 Å². The summed E-state index contributed by atoms with van der Waals surface area (Å²) in [7, 11) is 1.23. The van der Waals surface area contributed by atoms with Crippen LogP contribution < -0.4 is 10.2 Å². The maximum absolute atomic E-state index is 13.0. The molecule has 0 aliphatic rings. The van der Waals surface area contributed by atoms with Crippen LogP contribution in [0.25, 0.3) is 0 Å². The number of hydrogen-bond donors (Lipinski definition) is 2. The van der Waals surface area contributed by atoms with Gasteiger partial charge in [-0.3, -0.25) is 9.36 Å². The second kappa shape index (κ2) is 67.3. The fourth-order valence-electron chi connectivity index (χ4n) is 10.3. The number of rotatable bonds is 66. The van der Waals surface area contributed by atoms with Crippen LogP contribution in [0.15, 0.2) is 122 Å². The third-order valence-electron chi connectivity index (χ3n) is 15.9. The number of amides is 1. The molecule has 3 unspecified atom stereocenters. The van der Waals surface area contributed by atoms with Crippen molar-refractivity contribution in [3.8, 4) is 0 Å². The lowest BCUT2D eigenvalue weighted by atomic mass is 10.0. The first-order valence-electron chi connectivity index (χ1n) is 36.4. The molecule has 0 rings (SSSR count). The summed E-state index contributed by atoms with van der Waals surface area (Å²) >= 11 is 0. The predicted molar refractivity (Wildman–Crippen MR) is 380 cm³/mol. The van der Waals surface area contributed by atoms with Crippen molar-refractivity contribution in [2.24, 2.45) is 0 Å². The highest BCUT2D eigenvalue weighted by Gasteiger charge is 2.23. The Hall–Kier alpha value is -3.10. The van der Waals surface area contributed by atoms with E-state index in [0.29, 0.717) is 17.4 Å². The summed E-state index contributed by atoms with van der Waals surface area (Å²) in [4.78, 5) is 25.6. The minimum Gasteiger partial charge on any atom is -0.756 e. The molecule has 87 heavy (non-hydrogen) atoms. The van der Waals surface area contributed by atoms with Crippen molar-refractivity contribution >= 4 is 13.7 Å². The average molecular weight is 1230 g/mol. The van der Waals surface area contributed by atoms with Crippen molar-refractivity contribution < 1.29 is 32.9 Å². The Labute approximate surface area is 539 Å². The Balaban J connectivity index is 4.12. The molecule has 0 saturated carbocycles. The third kappa shape index (κ3) is 70.2. The first kappa shape index (κ1) is 83.9. The summed E-state index contributed by atoms with van der Waals surface area (Å²) in [6.45, 7) is 4.53. The number of nitrogens with zero attached hydrogens (tertiary/aromatic N) is 1. The maximum atomic E-state index is 13.0. The van der Waals surface area contributed by atoms with Crippen LogP contribution in [0.2, 0.25) is 0 Å². The van der Waals surface area contributed by atoms with E-state index in [0.717, 1.165) is 89.9 Å². The lowest BCUT2D eigenvalue weighted by Gasteiger charge is -2.29. The van der Waals surface area contributed by atoms with Crippen molar-refractivity contribution in [3.05, 3.63) is 122 Å². The number of carbonyl (C=O) groups is 1. The van der Waals surface area contributed by atoms with E-state index < -0.39 is 26.6 Å². The zero-order valence-corrected chi connectivity index (χ0v) is 58.3. The number of carbonyl (C=O) groups excluding carboxylic acids is 1. The smallest absolute Gasteiger partial charge is 0.268 e. The molecule has 0 fully saturated rings. The molecule has 1 amide bonds. The maximum Gasteiger partial charge on any atom is 0.268 e. The summed E-state index contributed by atoms with van der Waals surface area (Å²) in [6, 6.07) is -0.919. The topological polar surface area (TPSA) is 108 Å². The molecule has 0 radical (unpaired) electrons. The number of phosphoric ester groups is 1. The fraction of sp³-hybridized carbons (Fsp3) is 0.731. The van der Waals surface area contributed by atoms with Crippen LogP contribution in [0.5, 0.6) is 0 Å². The molecule has 0 aliphatic carbocycles. The summed E-state index contributed by atoms with van der Waals surface area (Å²) in [5, 5.41) is 13.9. The lowest BCUT2D eigenvalue weighted by molar-refractivity contribution is -0.870. The molecule has 0 aromatic rings. The molecule has 9 heteroatoms. The van der Waals surface area contributed by atoms with Crippen molar-refractivity contribution in [2.45, 2.75) is 328 Å². The van der Waals surface area contributed by atoms with E-state index >= 15 is 0 Å². The molecule has 502 valence electrons. The monoisotopic (exact) mass is 1230 g/mol. The van der Waals surface area contributed by atoms with E-state index in [4.69, 9.17) is 9.05 Å². The highest BCUT2D eigenvalue weighted by Crippen LogP contribution is 2.38. The standard InChI is InChI=1S/C78H139N2O6P/c1-6-8-10-12-14-16-18-20-22-24-26-28-30-32-34-36-37-38-39-40-41-42-43-44-46-48-50-52-54-56-58-60-62-64-66-68-70-72-78(82)79-76(75-86-87(83,84)85-74-73-80(3,4)5)77(81)71-69-67-65-63-61-59-57-55-53-51-49-47-45-35-33-31-29-27-25-23-21-19-17-15-13-11-9-7-2/h8,10,14,16,20,22,26,28,32,34,37-38,40-41,53,55,61,63,69,71,76-77,81H,6-7,9,11-13,15,17-19,21,23-25,27,29-31,33,35-36,39,42-52,54,56-60,62,64-68,70,72-75H2,1-5H3,(H-,79,82,83,84)/b10-8-,16-14-,22-20-,28-26-,34-32-,38-37-,41-40-,55-53+,63-61+,71-69+. The minimum absolute atomic E-state index is 0.0131. The number of unbranched alkanes of at least 4 members (excludes halogenated alkanes) is 35. The van der Waals surface area contributed by atoms with Crippen molar-refractivity contribution in [3.63, 3.8) is 0 Å². The van der Waals surface area contributed by atoms with E-state index in [2.05, 4.69) is 129 Å². The fourth-order valence-corrected chi connectivity index (χ4v) is 11.0. The molecule has 0 aromatic heterocycles. The van der Waals surface area contributed by atoms with E-state index in [1.54, 1.807) is 6.08 Å². The van der Waals surface area contributed by atoms with Crippen molar-refractivity contribution in [1.82, 2.24) is 5.32 Å². The molecular formula is C78H139N2O6P. The van der Waals surface area contributed by atoms with Gasteiger partial charge in [-0.15, -0.1) is 0 Å². The molecule has 8 nitrogen and oxygen atoms in total. The van der Waals surface area contributed by atoms with E-state index in [1.807, 2.05) is 27.2 Å². The summed E-state index contributed by atoms with van der Waals surface area (Å²) in [5.41, 5.74) is 0. The van der Waals surface area contributed by atoms with Crippen LogP contribution in [0.3, 0.4) is 0 Å². The van der Waals surface area contributed by atoms with Gasteiger partial charge in [0, 0.05) is 6.42 Å². The first-order chi connectivity index (χ1) is 42.5. The minimum atomic E-state index is -4.62. The van der Waals surface area contributed by atoms with E-state index in [-0.39, 0.29) is 12.5 Å². The van der Waals surface area contributed by atoms with Gasteiger partial charge in [-0.05, 0) is 103 Å². The number of quaternary nitrogens is 1. The number of aliphatic hydroxyl groups excluding tert-OH is 1. The Morgan fingerprint density at radius 2 is 0.713 bits per heavy atom. The Bertz CT molecular complexity index is 1840. The number of hydrogen-bond acceptors (Lipinski definition) is 6. The quantitative estimate of drug-likeness (QED) is 0.0272. The Morgan fingerprint density at radius 1 is 0.414 bits per heavy atom. The average Bonchev–Trinajstić information content (AvgIpc) is 3.70. The van der Waals surface area contributed by atoms with Crippen molar-refractivity contribution in [1.29, 1.82) is 0 Å². The van der Waals surface area contributed by atoms with Crippen LogP contribution in [0.1, 0.15) is 316 Å². The lowest BCUT2D eigenvalue weighted by Crippen LogP contribution is -2.45. The highest BCUT2D eigenvalue weighted by molar-refractivity contribution is 7.45. The number of allylic oxidation sites excluding steroid dienone is 19. The van der Waals surface area contributed by atoms with Gasteiger partial charge in [0.15, 0.2) is 0 Å². The zero-order chi connectivity index (χ0) is 63.4. The predicted octanol–water partition coefficient (Wildman–Crippen LogP) is 23.0. The molecule has 2 N–H and O–H groups in total. The summed E-state index contributed by atoms with van der Waals surface area (Å²) in [5.74, 6) is -0.212. The largest absolute Gasteiger partial charge is 0.756 e. The third-order valence-corrected chi connectivity index (χ3v) is 16.8. The number of likely N-dealkylation sites (N-methyl/N-ethyl adjacent to an activating group) is 1. The van der Waals surface area contributed by atoms with Gasteiger partial charge in [0.05, 0.1) is 39.9 Å².